The number of non-ortho nitro benzene ring substituents is 1. The predicted molar refractivity (Wildman–Crippen MR) is 48.2 cm³/mol. The van der Waals surface area contributed by atoms with Crippen molar-refractivity contribution in [1.29, 1.82) is 0 Å². The summed E-state index contributed by atoms with van der Waals surface area (Å²) < 4.78 is 13.1. The Morgan fingerprint density at radius 2 is 2.29 bits per heavy atom. The van der Waals surface area contributed by atoms with Crippen LogP contribution in [0.3, 0.4) is 0 Å². The number of nitro benzene ring substituents is 1. The molecular formula is C9H8FNO3. The predicted octanol–water partition coefficient (Wildman–Crippen LogP) is 1.95. The summed E-state index contributed by atoms with van der Waals surface area (Å²) in [5, 5.41) is 19.5. The van der Waals surface area contributed by atoms with Gasteiger partial charge in [0.2, 0.25) is 0 Å². The molecule has 0 aliphatic carbocycles. The van der Waals surface area contributed by atoms with E-state index in [-0.39, 0.29) is 11.3 Å². The van der Waals surface area contributed by atoms with Gasteiger partial charge in [0.15, 0.2) is 0 Å². The minimum Gasteiger partial charge on any atom is -0.384 e. The number of aliphatic hydroxyl groups is 1. The average molecular weight is 197 g/mol. The summed E-state index contributed by atoms with van der Waals surface area (Å²) in [5.41, 5.74) is -0.367. The fourth-order valence-corrected chi connectivity index (χ4v) is 0.996. The topological polar surface area (TPSA) is 63.4 Å². The third kappa shape index (κ3) is 1.94. The molecule has 1 unspecified atom stereocenters. The molecule has 0 aliphatic rings. The van der Waals surface area contributed by atoms with Crippen molar-refractivity contribution in [3.05, 3.63) is 52.3 Å². The maximum absolute atomic E-state index is 13.1. The van der Waals surface area contributed by atoms with Crippen LogP contribution in [0.1, 0.15) is 11.7 Å². The third-order valence-electron chi connectivity index (χ3n) is 1.74. The Kier molecular flexibility index (Phi) is 2.93. The summed E-state index contributed by atoms with van der Waals surface area (Å²) in [5.74, 6) is -0.813. The van der Waals surface area contributed by atoms with Gasteiger partial charge in [-0.1, -0.05) is 6.08 Å². The highest BCUT2D eigenvalue weighted by atomic mass is 19.1. The number of halogens is 1. The molecule has 0 saturated heterocycles. The number of nitrogens with zero attached hydrogens (tertiary/aromatic N) is 1. The van der Waals surface area contributed by atoms with Crippen LogP contribution in [-0.2, 0) is 0 Å². The number of rotatable bonds is 3. The molecule has 0 fully saturated rings. The third-order valence-corrected chi connectivity index (χ3v) is 1.74. The Hall–Kier alpha value is -1.75. The fraction of sp³-hybridized carbons (Fsp3) is 0.111. The van der Waals surface area contributed by atoms with E-state index in [2.05, 4.69) is 6.58 Å². The summed E-state index contributed by atoms with van der Waals surface area (Å²) in [6.07, 6.45) is 0.000328. The average Bonchev–Trinajstić information content (AvgIpc) is 2.16. The van der Waals surface area contributed by atoms with Crippen molar-refractivity contribution >= 4 is 5.69 Å². The molecule has 5 heteroatoms. The minimum atomic E-state index is -1.14. The molecule has 0 heterocycles. The molecule has 0 saturated carbocycles. The minimum absolute atomic E-state index is 0.0226. The molecule has 0 aliphatic heterocycles. The van der Waals surface area contributed by atoms with Crippen LogP contribution in [0.5, 0.6) is 0 Å². The second kappa shape index (κ2) is 3.97. The lowest BCUT2D eigenvalue weighted by Crippen LogP contribution is -1.98. The van der Waals surface area contributed by atoms with E-state index in [1.165, 1.54) is 6.07 Å². The first-order valence-electron chi connectivity index (χ1n) is 3.80. The van der Waals surface area contributed by atoms with Crippen LogP contribution >= 0.6 is 0 Å². The Labute approximate surface area is 79.4 Å². The van der Waals surface area contributed by atoms with Crippen LogP contribution in [-0.4, -0.2) is 10.0 Å². The molecule has 0 amide bonds. The molecule has 0 aromatic heterocycles. The van der Waals surface area contributed by atoms with Crippen molar-refractivity contribution in [3.63, 3.8) is 0 Å². The Morgan fingerprint density at radius 3 is 2.71 bits per heavy atom. The van der Waals surface area contributed by atoms with E-state index in [1.54, 1.807) is 0 Å². The van der Waals surface area contributed by atoms with Gasteiger partial charge in [-0.25, -0.2) is 4.39 Å². The monoisotopic (exact) mass is 197 g/mol. The van der Waals surface area contributed by atoms with Crippen molar-refractivity contribution in [2.45, 2.75) is 6.10 Å². The Bertz CT molecular complexity index is 378. The summed E-state index contributed by atoms with van der Waals surface area (Å²) >= 11 is 0. The van der Waals surface area contributed by atoms with Crippen LogP contribution in [0.2, 0.25) is 0 Å². The zero-order valence-corrected chi connectivity index (χ0v) is 7.18. The summed E-state index contributed by atoms with van der Waals surface area (Å²) in [4.78, 5) is 9.56. The number of nitro groups is 1. The van der Waals surface area contributed by atoms with Gasteiger partial charge >= 0.3 is 0 Å². The highest BCUT2D eigenvalue weighted by Crippen LogP contribution is 2.22. The lowest BCUT2D eigenvalue weighted by atomic mass is 10.1. The maximum Gasteiger partial charge on any atom is 0.272 e. The molecule has 1 N–H and O–H groups in total. The van der Waals surface area contributed by atoms with Crippen molar-refractivity contribution in [2.24, 2.45) is 0 Å². The highest BCUT2D eigenvalue weighted by Gasteiger charge is 2.14. The molecule has 74 valence electrons. The van der Waals surface area contributed by atoms with Crippen molar-refractivity contribution in [2.75, 3.05) is 0 Å². The van der Waals surface area contributed by atoms with Gasteiger partial charge in [0.1, 0.15) is 5.82 Å². The Morgan fingerprint density at radius 1 is 1.64 bits per heavy atom. The number of benzene rings is 1. The van der Waals surface area contributed by atoms with Crippen LogP contribution in [0, 0.1) is 15.9 Å². The Balaban J connectivity index is 3.13. The highest BCUT2D eigenvalue weighted by molar-refractivity contribution is 5.36. The van der Waals surface area contributed by atoms with E-state index in [0.717, 1.165) is 18.2 Å². The van der Waals surface area contributed by atoms with Crippen LogP contribution < -0.4 is 0 Å². The van der Waals surface area contributed by atoms with E-state index in [0.29, 0.717) is 0 Å². The van der Waals surface area contributed by atoms with Gasteiger partial charge in [0.05, 0.1) is 17.1 Å². The first-order chi connectivity index (χ1) is 6.56. The van der Waals surface area contributed by atoms with Gasteiger partial charge in [-0.15, -0.1) is 6.58 Å². The lowest BCUT2D eigenvalue weighted by molar-refractivity contribution is -0.385. The smallest absolute Gasteiger partial charge is 0.272 e. The SMILES string of the molecule is C=CC(O)c1ccc([N+](=O)[O-])cc1F. The van der Waals surface area contributed by atoms with Crippen LogP contribution in [0.15, 0.2) is 30.9 Å². The van der Waals surface area contributed by atoms with E-state index >= 15 is 0 Å². The van der Waals surface area contributed by atoms with Gasteiger partial charge in [-0.3, -0.25) is 10.1 Å². The second-order valence-electron chi connectivity index (χ2n) is 2.64. The van der Waals surface area contributed by atoms with E-state index in [9.17, 15) is 19.6 Å². The first kappa shape index (κ1) is 10.3. The van der Waals surface area contributed by atoms with Gasteiger partial charge in [0, 0.05) is 11.6 Å². The molecule has 0 bridgehead atoms. The van der Waals surface area contributed by atoms with E-state index in [1.807, 2.05) is 0 Å². The summed E-state index contributed by atoms with van der Waals surface area (Å²) in [7, 11) is 0. The quantitative estimate of drug-likeness (QED) is 0.457. The largest absolute Gasteiger partial charge is 0.384 e. The molecular weight excluding hydrogens is 189 g/mol. The summed E-state index contributed by atoms with van der Waals surface area (Å²) in [6, 6.07) is 3.06. The second-order valence-corrected chi connectivity index (χ2v) is 2.64. The molecule has 4 nitrogen and oxygen atoms in total. The first-order valence-corrected chi connectivity index (χ1v) is 3.80. The van der Waals surface area contributed by atoms with Gasteiger partial charge in [-0.05, 0) is 6.07 Å². The normalized spacial score (nSPS) is 12.1. The number of hydrogen-bond acceptors (Lipinski definition) is 3. The molecule has 0 radical (unpaired) electrons. The van der Waals surface area contributed by atoms with Crippen molar-refractivity contribution in [1.82, 2.24) is 0 Å². The van der Waals surface area contributed by atoms with Crippen molar-refractivity contribution in [3.8, 4) is 0 Å². The maximum atomic E-state index is 13.1. The number of aliphatic hydroxyl groups excluding tert-OH is 1. The fourth-order valence-electron chi connectivity index (χ4n) is 0.996. The number of hydrogen-bond donors (Lipinski definition) is 1. The van der Waals surface area contributed by atoms with Gasteiger partial charge in [-0.2, -0.15) is 0 Å². The lowest BCUT2D eigenvalue weighted by Gasteiger charge is -2.05. The molecule has 1 aromatic rings. The van der Waals surface area contributed by atoms with E-state index in [4.69, 9.17) is 0 Å². The van der Waals surface area contributed by atoms with Crippen molar-refractivity contribution < 1.29 is 14.4 Å². The molecule has 14 heavy (non-hydrogen) atoms. The molecule has 1 rings (SSSR count). The van der Waals surface area contributed by atoms with Crippen LogP contribution in [0.4, 0.5) is 10.1 Å². The zero-order chi connectivity index (χ0) is 10.7. The van der Waals surface area contributed by atoms with Gasteiger partial charge < -0.3 is 5.11 Å². The van der Waals surface area contributed by atoms with E-state index < -0.39 is 16.8 Å². The summed E-state index contributed by atoms with van der Waals surface area (Å²) in [6.45, 7) is 3.29. The standard InChI is InChI=1S/C9H8FNO3/c1-2-9(12)7-4-3-6(11(13)14)5-8(7)10/h2-5,9,12H,1H2. The molecule has 1 atom stereocenters. The van der Waals surface area contributed by atoms with Gasteiger partial charge in [0.25, 0.3) is 5.69 Å². The molecule has 0 spiro atoms. The zero-order valence-electron chi connectivity index (χ0n) is 7.18. The molecule has 1 aromatic carbocycles. The van der Waals surface area contributed by atoms with Crippen LogP contribution in [0.25, 0.3) is 0 Å².